The second-order valence-electron chi connectivity index (χ2n) is 3.54. The van der Waals surface area contributed by atoms with Crippen LogP contribution in [-0.4, -0.2) is 16.4 Å². The Kier molecular flexibility index (Phi) is 2.43. The molecule has 0 unspecified atom stereocenters. The molecule has 0 aromatic heterocycles. The van der Waals surface area contributed by atoms with Crippen molar-refractivity contribution in [2.45, 2.75) is 12.8 Å². The maximum Gasteiger partial charge on any atom is 0.299 e. The molecule has 0 spiro atoms. The number of non-ortho nitro benzene ring substituents is 1. The largest absolute Gasteiger partial charge is 0.379 e. The molecule has 0 atom stereocenters. The maximum absolute atomic E-state index is 10.8. The first-order valence-corrected chi connectivity index (χ1v) is 4.79. The van der Waals surface area contributed by atoms with Gasteiger partial charge < -0.3 is 5.32 Å². The van der Waals surface area contributed by atoms with E-state index in [1.165, 1.54) is 6.07 Å². The molecule has 1 heterocycles. The van der Waals surface area contributed by atoms with Crippen LogP contribution in [0.5, 0.6) is 0 Å². The summed E-state index contributed by atoms with van der Waals surface area (Å²) in [6, 6.07) is 2.39. The summed E-state index contributed by atoms with van der Waals surface area (Å²) in [6.07, 6.45) is 1.45. The van der Waals surface area contributed by atoms with Crippen molar-refractivity contribution in [3.63, 3.8) is 0 Å². The molecule has 0 aliphatic carbocycles. The van der Waals surface area contributed by atoms with Crippen LogP contribution >= 0.6 is 0 Å². The minimum Gasteiger partial charge on any atom is -0.379 e. The Labute approximate surface area is 90.4 Å². The van der Waals surface area contributed by atoms with Gasteiger partial charge >= 0.3 is 0 Å². The molecule has 1 aliphatic heterocycles. The van der Waals surface area contributed by atoms with E-state index in [1.54, 1.807) is 0 Å². The highest BCUT2D eigenvalue weighted by Gasteiger charge is 2.25. The van der Waals surface area contributed by atoms with Crippen molar-refractivity contribution < 1.29 is 9.85 Å². The molecule has 1 aromatic carbocycles. The first kappa shape index (κ1) is 10.3. The van der Waals surface area contributed by atoms with Crippen molar-refractivity contribution in [3.8, 4) is 0 Å². The van der Waals surface area contributed by atoms with Gasteiger partial charge in [0.2, 0.25) is 0 Å². The van der Waals surface area contributed by atoms with Gasteiger partial charge in [-0.1, -0.05) is 0 Å². The number of nitrogens with one attached hydrogen (secondary N) is 1. The highest BCUT2D eigenvalue weighted by molar-refractivity contribution is 5.71. The van der Waals surface area contributed by atoms with E-state index in [0.717, 1.165) is 12.5 Å². The molecule has 0 fully saturated rings. The van der Waals surface area contributed by atoms with E-state index in [-0.39, 0.29) is 11.4 Å². The fourth-order valence-electron chi connectivity index (χ4n) is 1.81. The van der Waals surface area contributed by atoms with Gasteiger partial charge in [-0.3, -0.25) is 20.2 Å². The number of nitro benzene ring substituents is 2. The van der Waals surface area contributed by atoms with Gasteiger partial charge in [0.15, 0.2) is 0 Å². The summed E-state index contributed by atoms with van der Waals surface area (Å²) in [6.45, 7) is 0.658. The van der Waals surface area contributed by atoms with Gasteiger partial charge in [-0.05, 0) is 18.4 Å². The van der Waals surface area contributed by atoms with E-state index in [9.17, 15) is 20.2 Å². The first-order valence-electron chi connectivity index (χ1n) is 4.79. The van der Waals surface area contributed by atoms with E-state index < -0.39 is 9.85 Å². The van der Waals surface area contributed by atoms with Crippen molar-refractivity contribution in [3.05, 3.63) is 37.9 Å². The zero-order valence-corrected chi connectivity index (χ0v) is 8.30. The zero-order chi connectivity index (χ0) is 11.7. The lowest BCUT2D eigenvalue weighted by Gasteiger charge is -2.17. The van der Waals surface area contributed by atoms with E-state index in [4.69, 9.17) is 0 Å². The number of nitro groups is 2. The summed E-state index contributed by atoms with van der Waals surface area (Å²) in [7, 11) is 0. The Bertz CT molecular complexity index is 472. The summed E-state index contributed by atoms with van der Waals surface area (Å²) >= 11 is 0. The Morgan fingerprint density at radius 1 is 1.19 bits per heavy atom. The van der Waals surface area contributed by atoms with Crippen LogP contribution in [0.2, 0.25) is 0 Å². The van der Waals surface area contributed by atoms with Crippen molar-refractivity contribution in [1.82, 2.24) is 0 Å². The molecule has 2 rings (SSSR count). The van der Waals surface area contributed by atoms with Crippen molar-refractivity contribution in [2.24, 2.45) is 0 Å². The molecule has 0 bridgehead atoms. The number of aryl methyl sites for hydroxylation is 1. The minimum atomic E-state index is -0.609. The van der Waals surface area contributed by atoms with Crippen LogP contribution in [0.4, 0.5) is 17.1 Å². The molecule has 1 aliphatic rings. The van der Waals surface area contributed by atoms with Gasteiger partial charge in [0, 0.05) is 12.6 Å². The number of hydrogen-bond donors (Lipinski definition) is 1. The lowest BCUT2D eigenvalue weighted by atomic mass is 10.0. The number of anilines is 1. The molecular formula is C9H9N3O4. The fourth-order valence-corrected chi connectivity index (χ4v) is 1.81. The van der Waals surface area contributed by atoms with Gasteiger partial charge in [-0.25, -0.2) is 0 Å². The molecule has 0 radical (unpaired) electrons. The SMILES string of the molecule is O=[N+]([O-])c1cc2c(c([N+](=O)[O-])c1)NCCC2. The quantitative estimate of drug-likeness (QED) is 0.609. The summed E-state index contributed by atoms with van der Waals surface area (Å²) in [5.74, 6) is 0. The Balaban J connectivity index is 2.61. The van der Waals surface area contributed by atoms with E-state index in [2.05, 4.69) is 5.32 Å². The second-order valence-corrected chi connectivity index (χ2v) is 3.54. The average Bonchev–Trinajstić information content (AvgIpc) is 2.27. The number of hydrogen-bond acceptors (Lipinski definition) is 5. The lowest BCUT2D eigenvalue weighted by molar-refractivity contribution is -0.393. The second kappa shape index (κ2) is 3.76. The molecule has 0 saturated heterocycles. The van der Waals surface area contributed by atoms with Crippen LogP contribution in [0.1, 0.15) is 12.0 Å². The molecule has 0 amide bonds. The number of fused-ring (bicyclic) bond motifs is 1. The molecule has 1 aromatic rings. The van der Waals surface area contributed by atoms with Gasteiger partial charge in [0.05, 0.1) is 15.9 Å². The Morgan fingerprint density at radius 2 is 1.94 bits per heavy atom. The van der Waals surface area contributed by atoms with Crippen molar-refractivity contribution >= 4 is 17.1 Å². The van der Waals surface area contributed by atoms with E-state index >= 15 is 0 Å². The van der Waals surface area contributed by atoms with Crippen LogP contribution in [-0.2, 0) is 6.42 Å². The van der Waals surface area contributed by atoms with Crippen LogP contribution < -0.4 is 5.32 Å². The van der Waals surface area contributed by atoms with Gasteiger partial charge in [0.1, 0.15) is 5.69 Å². The Hall–Kier alpha value is -2.18. The number of nitrogens with zero attached hydrogens (tertiary/aromatic N) is 2. The monoisotopic (exact) mass is 223 g/mol. The third-order valence-corrected chi connectivity index (χ3v) is 2.52. The molecule has 7 heteroatoms. The summed E-state index contributed by atoms with van der Waals surface area (Å²) < 4.78 is 0. The van der Waals surface area contributed by atoms with Crippen LogP contribution in [0.3, 0.4) is 0 Å². The van der Waals surface area contributed by atoms with E-state index in [0.29, 0.717) is 24.2 Å². The molecule has 16 heavy (non-hydrogen) atoms. The fraction of sp³-hybridized carbons (Fsp3) is 0.333. The average molecular weight is 223 g/mol. The summed E-state index contributed by atoms with van der Waals surface area (Å²) in [5.41, 5.74) is 0.618. The van der Waals surface area contributed by atoms with Crippen LogP contribution in [0, 0.1) is 20.2 Å². The smallest absolute Gasteiger partial charge is 0.299 e. The molecule has 1 N–H and O–H groups in total. The summed E-state index contributed by atoms with van der Waals surface area (Å²) in [4.78, 5) is 20.2. The van der Waals surface area contributed by atoms with Crippen LogP contribution in [0.15, 0.2) is 12.1 Å². The van der Waals surface area contributed by atoms with Crippen molar-refractivity contribution in [2.75, 3.05) is 11.9 Å². The third-order valence-electron chi connectivity index (χ3n) is 2.52. The highest BCUT2D eigenvalue weighted by Crippen LogP contribution is 2.35. The lowest BCUT2D eigenvalue weighted by Crippen LogP contribution is -2.13. The summed E-state index contributed by atoms with van der Waals surface area (Å²) in [5, 5.41) is 24.3. The number of rotatable bonds is 2. The minimum absolute atomic E-state index is 0.219. The number of benzene rings is 1. The molecule has 84 valence electrons. The normalized spacial score (nSPS) is 13.8. The topological polar surface area (TPSA) is 98.3 Å². The van der Waals surface area contributed by atoms with Gasteiger partial charge in [0.25, 0.3) is 11.4 Å². The third kappa shape index (κ3) is 1.67. The molecule has 7 nitrogen and oxygen atoms in total. The van der Waals surface area contributed by atoms with E-state index in [1.807, 2.05) is 0 Å². The molecular weight excluding hydrogens is 214 g/mol. The predicted molar refractivity (Wildman–Crippen MR) is 56.6 cm³/mol. The highest BCUT2D eigenvalue weighted by atomic mass is 16.6. The predicted octanol–water partition coefficient (Wildman–Crippen LogP) is 1.86. The van der Waals surface area contributed by atoms with Crippen molar-refractivity contribution in [1.29, 1.82) is 0 Å². The Morgan fingerprint density at radius 3 is 2.56 bits per heavy atom. The maximum atomic E-state index is 10.8. The zero-order valence-electron chi connectivity index (χ0n) is 8.30. The first-order chi connectivity index (χ1) is 7.59. The van der Waals surface area contributed by atoms with Gasteiger partial charge in [-0.2, -0.15) is 0 Å². The standard InChI is InChI=1S/C9H9N3O4/c13-11(14)7-4-6-2-1-3-10-9(6)8(5-7)12(15)16/h4-5,10H,1-3H2. The molecule has 0 saturated carbocycles. The van der Waals surface area contributed by atoms with Crippen LogP contribution in [0.25, 0.3) is 0 Å². The van der Waals surface area contributed by atoms with Gasteiger partial charge in [-0.15, -0.1) is 0 Å².